The predicted molar refractivity (Wildman–Crippen MR) is 116 cm³/mol. The summed E-state index contributed by atoms with van der Waals surface area (Å²) in [5.74, 6) is 0.468. The molecule has 0 radical (unpaired) electrons. The van der Waals surface area contributed by atoms with E-state index in [0.29, 0.717) is 35.2 Å². The highest BCUT2D eigenvalue weighted by Gasteiger charge is 2.15. The third-order valence-corrected chi connectivity index (χ3v) is 4.72. The van der Waals surface area contributed by atoms with Crippen molar-refractivity contribution >= 4 is 11.6 Å². The Balaban J connectivity index is 1.50. The van der Waals surface area contributed by atoms with Gasteiger partial charge in [-0.2, -0.15) is 4.68 Å². The second kappa shape index (κ2) is 9.25. The van der Waals surface area contributed by atoms with Gasteiger partial charge >= 0.3 is 0 Å². The number of hydrogen-bond acceptors (Lipinski definition) is 6. The molecule has 8 nitrogen and oxygen atoms in total. The summed E-state index contributed by atoms with van der Waals surface area (Å²) in [7, 11) is 1.51. The van der Waals surface area contributed by atoms with Crippen molar-refractivity contribution in [3.05, 3.63) is 89.5 Å². The van der Waals surface area contributed by atoms with E-state index in [1.807, 2.05) is 30.3 Å². The Bertz CT molecular complexity index is 1240. The maximum absolute atomic E-state index is 14.3. The zero-order chi connectivity index (χ0) is 22.5. The lowest BCUT2D eigenvalue weighted by molar-refractivity contribution is 0.102. The fraction of sp³-hybridized carbons (Fsp3) is 0.130. The van der Waals surface area contributed by atoms with Gasteiger partial charge in [-0.15, -0.1) is 5.10 Å². The zero-order valence-electron chi connectivity index (χ0n) is 17.4. The number of nitrogens with one attached hydrogen (secondary N) is 1. The lowest BCUT2D eigenvalue weighted by Crippen LogP contribution is -2.13. The molecule has 0 spiro atoms. The van der Waals surface area contributed by atoms with Gasteiger partial charge in [0.25, 0.3) is 5.91 Å². The molecule has 9 heteroatoms. The maximum Gasteiger partial charge on any atom is 0.255 e. The first-order valence-corrected chi connectivity index (χ1v) is 9.76. The highest BCUT2D eigenvalue weighted by atomic mass is 19.1. The average Bonchev–Trinajstić information content (AvgIpc) is 3.25. The molecule has 162 valence electrons. The van der Waals surface area contributed by atoms with E-state index in [-0.39, 0.29) is 11.6 Å². The first-order valence-electron chi connectivity index (χ1n) is 9.76. The van der Waals surface area contributed by atoms with E-state index in [0.717, 1.165) is 5.56 Å². The Hall–Kier alpha value is -4.27. The van der Waals surface area contributed by atoms with Crippen molar-refractivity contribution in [1.82, 2.24) is 20.2 Å². The van der Waals surface area contributed by atoms with Crippen molar-refractivity contribution in [2.45, 2.75) is 13.5 Å². The number of hydrogen-bond donors (Lipinski definition) is 1. The minimum absolute atomic E-state index is 0.132. The van der Waals surface area contributed by atoms with Gasteiger partial charge in [0.2, 0.25) is 0 Å². The molecule has 0 aliphatic carbocycles. The number of amides is 1. The molecule has 0 atom stereocenters. The van der Waals surface area contributed by atoms with E-state index in [1.54, 1.807) is 25.1 Å². The monoisotopic (exact) mass is 433 g/mol. The largest absolute Gasteiger partial charge is 0.493 e. The number of carbonyl (C=O) groups is 1. The van der Waals surface area contributed by atoms with Crippen molar-refractivity contribution in [1.29, 1.82) is 0 Å². The summed E-state index contributed by atoms with van der Waals surface area (Å²) in [5.41, 5.74) is 1.90. The van der Waals surface area contributed by atoms with Crippen LogP contribution in [0.3, 0.4) is 0 Å². The standard InChI is InChI=1S/C23H20FN5O3/c1-15-26-27-28-29(15)20-13-18(9-10-19(20)24)25-23(30)17-8-11-21(22(12-17)31-2)32-14-16-6-4-3-5-7-16/h3-13H,14H2,1-2H3,(H,25,30). The third kappa shape index (κ3) is 4.56. The van der Waals surface area contributed by atoms with E-state index < -0.39 is 5.82 Å². The molecule has 1 aromatic heterocycles. The quantitative estimate of drug-likeness (QED) is 0.475. The van der Waals surface area contributed by atoms with Gasteiger partial charge in [-0.05, 0) is 59.3 Å². The molecule has 0 unspecified atom stereocenters. The Morgan fingerprint density at radius 3 is 2.59 bits per heavy atom. The molecule has 0 bridgehead atoms. The van der Waals surface area contributed by atoms with Crippen LogP contribution in [0, 0.1) is 12.7 Å². The van der Waals surface area contributed by atoms with Crippen molar-refractivity contribution in [2.75, 3.05) is 12.4 Å². The zero-order valence-corrected chi connectivity index (χ0v) is 17.4. The van der Waals surface area contributed by atoms with E-state index in [9.17, 15) is 9.18 Å². The number of aromatic nitrogens is 4. The molecule has 4 aromatic rings. The number of carbonyl (C=O) groups excluding carboxylic acids is 1. The molecule has 0 fully saturated rings. The highest BCUT2D eigenvalue weighted by Crippen LogP contribution is 2.29. The fourth-order valence-corrected chi connectivity index (χ4v) is 3.07. The number of methoxy groups -OCH3 is 1. The molecule has 3 aromatic carbocycles. The van der Waals surface area contributed by atoms with Gasteiger partial charge in [0, 0.05) is 11.3 Å². The third-order valence-electron chi connectivity index (χ3n) is 4.72. The molecule has 32 heavy (non-hydrogen) atoms. The van der Waals surface area contributed by atoms with Gasteiger partial charge in [0.1, 0.15) is 18.1 Å². The first-order chi connectivity index (χ1) is 15.5. The van der Waals surface area contributed by atoms with Gasteiger partial charge in [-0.3, -0.25) is 4.79 Å². The summed E-state index contributed by atoms with van der Waals surface area (Å²) in [4.78, 5) is 12.8. The van der Waals surface area contributed by atoms with Crippen LogP contribution >= 0.6 is 0 Å². The summed E-state index contributed by atoms with van der Waals surface area (Å²) in [5, 5.41) is 13.8. The van der Waals surface area contributed by atoms with Crippen LogP contribution in [-0.2, 0) is 6.61 Å². The lowest BCUT2D eigenvalue weighted by Gasteiger charge is -2.13. The Morgan fingerprint density at radius 2 is 1.88 bits per heavy atom. The molecule has 4 rings (SSSR count). The Labute approximate surface area is 183 Å². The van der Waals surface area contributed by atoms with Crippen molar-refractivity contribution in [3.8, 4) is 17.2 Å². The van der Waals surface area contributed by atoms with E-state index >= 15 is 0 Å². The van der Waals surface area contributed by atoms with Crippen molar-refractivity contribution < 1.29 is 18.7 Å². The van der Waals surface area contributed by atoms with Gasteiger partial charge in [-0.25, -0.2) is 4.39 Å². The van der Waals surface area contributed by atoms with Crippen LogP contribution in [0.5, 0.6) is 11.5 Å². The number of aryl methyl sites for hydroxylation is 1. The first kappa shape index (κ1) is 21.0. The predicted octanol–water partition coefficient (Wildman–Crippen LogP) is 3.95. The van der Waals surface area contributed by atoms with Gasteiger partial charge < -0.3 is 14.8 Å². The lowest BCUT2D eigenvalue weighted by atomic mass is 10.1. The molecule has 1 N–H and O–H groups in total. The van der Waals surface area contributed by atoms with Crippen LogP contribution in [0.2, 0.25) is 0 Å². The summed E-state index contributed by atoms with van der Waals surface area (Å²) in [6.07, 6.45) is 0. The Morgan fingerprint density at radius 1 is 1.06 bits per heavy atom. The summed E-state index contributed by atoms with van der Waals surface area (Å²) in [6.45, 7) is 2.02. The molecule has 0 aliphatic heterocycles. The smallest absolute Gasteiger partial charge is 0.255 e. The normalized spacial score (nSPS) is 10.6. The SMILES string of the molecule is COc1cc(C(=O)Nc2ccc(F)c(-n3nnnc3C)c2)ccc1OCc1ccccc1. The second-order valence-electron chi connectivity index (χ2n) is 6.90. The number of halogens is 1. The van der Waals surface area contributed by atoms with Crippen molar-refractivity contribution in [3.63, 3.8) is 0 Å². The van der Waals surface area contributed by atoms with Crippen LogP contribution in [0.4, 0.5) is 10.1 Å². The second-order valence-corrected chi connectivity index (χ2v) is 6.90. The van der Waals surface area contributed by atoms with E-state index in [4.69, 9.17) is 9.47 Å². The number of nitrogens with zero attached hydrogens (tertiary/aromatic N) is 4. The number of tetrazole rings is 1. The minimum atomic E-state index is -0.514. The summed E-state index contributed by atoms with van der Waals surface area (Å²) >= 11 is 0. The number of benzene rings is 3. The Kier molecular flexibility index (Phi) is 6.07. The molecule has 0 saturated heterocycles. The number of rotatable bonds is 7. The van der Waals surface area contributed by atoms with Gasteiger partial charge in [-0.1, -0.05) is 30.3 Å². The minimum Gasteiger partial charge on any atom is -0.493 e. The molecule has 0 saturated carbocycles. The summed E-state index contributed by atoms with van der Waals surface area (Å²) in [6, 6.07) is 18.8. The fourth-order valence-electron chi connectivity index (χ4n) is 3.07. The molecular weight excluding hydrogens is 413 g/mol. The van der Waals surface area contributed by atoms with Crippen molar-refractivity contribution in [2.24, 2.45) is 0 Å². The highest BCUT2D eigenvalue weighted by molar-refractivity contribution is 6.04. The molecule has 1 heterocycles. The van der Waals surface area contributed by atoms with E-state index in [2.05, 4.69) is 20.8 Å². The summed E-state index contributed by atoms with van der Waals surface area (Å²) < 4.78 is 26.7. The topological polar surface area (TPSA) is 91.2 Å². The van der Waals surface area contributed by atoms with Crippen LogP contribution < -0.4 is 14.8 Å². The van der Waals surface area contributed by atoms with Gasteiger partial charge in [0.15, 0.2) is 17.3 Å². The molecule has 1 amide bonds. The molecular formula is C23H20FN5O3. The van der Waals surface area contributed by atoms with E-state index in [1.165, 1.54) is 30.0 Å². The van der Waals surface area contributed by atoms with Crippen LogP contribution in [-0.4, -0.2) is 33.2 Å². The average molecular weight is 433 g/mol. The number of anilines is 1. The van der Waals surface area contributed by atoms with Crippen LogP contribution in [0.25, 0.3) is 5.69 Å². The van der Waals surface area contributed by atoms with Crippen LogP contribution in [0.15, 0.2) is 66.7 Å². The van der Waals surface area contributed by atoms with Gasteiger partial charge in [0.05, 0.1) is 7.11 Å². The molecule has 0 aliphatic rings. The van der Waals surface area contributed by atoms with Crippen LogP contribution in [0.1, 0.15) is 21.7 Å². The maximum atomic E-state index is 14.3. The number of ether oxygens (including phenoxy) is 2.